The van der Waals surface area contributed by atoms with Crippen LogP contribution in [0.3, 0.4) is 0 Å². The first kappa shape index (κ1) is 14.9. The van der Waals surface area contributed by atoms with Gasteiger partial charge in [-0.1, -0.05) is 0 Å². The Hall–Kier alpha value is -2.18. The molecule has 1 amide bonds. The third kappa shape index (κ3) is 3.90. The standard InChI is InChI=1S/C12H17N3O4/c1-7(2)14-10(17)4-5-15-11(18)9(8(3)16)6-13-12(15)19/h6-7H,4-5H2,1-3H3,(H,13,19)(H,14,17). The third-order valence-corrected chi connectivity index (χ3v) is 2.45. The molecular formula is C12H17N3O4. The number of aromatic amines is 1. The summed E-state index contributed by atoms with van der Waals surface area (Å²) in [5.41, 5.74) is -1.40. The highest BCUT2D eigenvalue weighted by atomic mass is 16.2. The van der Waals surface area contributed by atoms with Gasteiger partial charge in [0.05, 0.1) is 5.56 Å². The van der Waals surface area contributed by atoms with E-state index in [0.717, 1.165) is 10.8 Å². The first-order valence-corrected chi connectivity index (χ1v) is 5.95. The summed E-state index contributed by atoms with van der Waals surface area (Å²) >= 11 is 0. The summed E-state index contributed by atoms with van der Waals surface area (Å²) < 4.78 is 0.858. The highest BCUT2D eigenvalue weighted by molar-refractivity contribution is 5.93. The maximum atomic E-state index is 11.9. The van der Waals surface area contributed by atoms with Gasteiger partial charge in [0.25, 0.3) is 5.56 Å². The van der Waals surface area contributed by atoms with E-state index in [1.54, 1.807) is 0 Å². The third-order valence-electron chi connectivity index (χ3n) is 2.45. The zero-order valence-corrected chi connectivity index (χ0v) is 11.1. The second-order valence-corrected chi connectivity index (χ2v) is 4.49. The molecule has 19 heavy (non-hydrogen) atoms. The molecule has 0 atom stereocenters. The minimum Gasteiger partial charge on any atom is -0.354 e. The molecule has 104 valence electrons. The van der Waals surface area contributed by atoms with Gasteiger partial charge >= 0.3 is 5.69 Å². The number of hydrogen-bond donors (Lipinski definition) is 2. The van der Waals surface area contributed by atoms with Crippen molar-refractivity contribution in [1.82, 2.24) is 14.9 Å². The molecule has 1 aromatic rings. The lowest BCUT2D eigenvalue weighted by Gasteiger charge is -2.09. The van der Waals surface area contributed by atoms with E-state index < -0.39 is 17.0 Å². The Morgan fingerprint density at radius 1 is 1.37 bits per heavy atom. The minimum atomic E-state index is -0.673. The fraction of sp³-hybridized carbons (Fsp3) is 0.500. The molecule has 0 aliphatic heterocycles. The fourth-order valence-corrected chi connectivity index (χ4v) is 1.57. The van der Waals surface area contributed by atoms with E-state index in [9.17, 15) is 19.2 Å². The van der Waals surface area contributed by atoms with Gasteiger partial charge in [-0.15, -0.1) is 0 Å². The van der Waals surface area contributed by atoms with Crippen LogP contribution in [0, 0.1) is 0 Å². The van der Waals surface area contributed by atoms with E-state index in [1.165, 1.54) is 6.92 Å². The second-order valence-electron chi connectivity index (χ2n) is 4.49. The van der Waals surface area contributed by atoms with E-state index >= 15 is 0 Å². The first-order chi connectivity index (χ1) is 8.82. The Balaban J connectivity index is 2.93. The molecule has 2 N–H and O–H groups in total. The molecule has 0 saturated carbocycles. The van der Waals surface area contributed by atoms with Gasteiger partial charge in [0.2, 0.25) is 5.91 Å². The summed E-state index contributed by atoms with van der Waals surface area (Å²) in [6, 6.07) is -0.00828. The van der Waals surface area contributed by atoms with Gasteiger partial charge in [0.1, 0.15) is 0 Å². The number of carbonyl (C=O) groups excluding carboxylic acids is 2. The van der Waals surface area contributed by atoms with E-state index in [2.05, 4.69) is 10.3 Å². The molecule has 0 saturated heterocycles. The van der Waals surface area contributed by atoms with Gasteiger partial charge in [0, 0.05) is 25.2 Å². The van der Waals surface area contributed by atoms with Crippen LogP contribution in [0.2, 0.25) is 0 Å². The van der Waals surface area contributed by atoms with Gasteiger partial charge in [0.15, 0.2) is 5.78 Å². The summed E-state index contributed by atoms with van der Waals surface area (Å²) in [6.45, 7) is 4.80. The van der Waals surface area contributed by atoms with Crippen LogP contribution in [-0.2, 0) is 11.3 Å². The molecule has 0 aliphatic rings. The van der Waals surface area contributed by atoms with Gasteiger partial charge in [-0.05, 0) is 20.8 Å². The average molecular weight is 267 g/mol. The number of H-pyrrole nitrogens is 1. The summed E-state index contributed by atoms with van der Waals surface area (Å²) in [5, 5.41) is 2.66. The molecule has 0 spiro atoms. The van der Waals surface area contributed by atoms with Crippen LogP contribution in [0.5, 0.6) is 0 Å². The predicted octanol–water partition coefficient (Wildman–Crippen LogP) is -0.346. The smallest absolute Gasteiger partial charge is 0.328 e. The van der Waals surface area contributed by atoms with Crippen molar-refractivity contribution in [1.29, 1.82) is 0 Å². The van der Waals surface area contributed by atoms with Crippen LogP contribution in [0.4, 0.5) is 0 Å². The lowest BCUT2D eigenvalue weighted by atomic mass is 10.2. The summed E-state index contributed by atoms with van der Waals surface area (Å²) in [4.78, 5) is 48.3. The van der Waals surface area contributed by atoms with Crippen LogP contribution < -0.4 is 16.6 Å². The monoisotopic (exact) mass is 267 g/mol. The molecule has 0 fully saturated rings. The molecule has 7 nitrogen and oxygen atoms in total. The normalized spacial score (nSPS) is 10.5. The number of carbonyl (C=O) groups is 2. The van der Waals surface area contributed by atoms with Crippen molar-refractivity contribution in [2.24, 2.45) is 0 Å². The van der Waals surface area contributed by atoms with Gasteiger partial charge in [-0.25, -0.2) is 4.79 Å². The van der Waals surface area contributed by atoms with Crippen LogP contribution in [0.25, 0.3) is 0 Å². The number of ketones is 1. The zero-order valence-electron chi connectivity index (χ0n) is 11.1. The Morgan fingerprint density at radius 3 is 2.53 bits per heavy atom. The summed E-state index contributed by atoms with van der Waals surface area (Å²) in [6.07, 6.45) is 1.10. The molecule has 1 aromatic heterocycles. The number of nitrogens with one attached hydrogen (secondary N) is 2. The quantitative estimate of drug-likeness (QED) is 0.712. The largest absolute Gasteiger partial charge is 0.354 e. The number of Topliss-reactive ketones (excluding diaryl/α,β-unsaturated/α-hetero) is 1. The number of hydrogen-bond acceptors (Lipinski definition) is 4. The van der Waals surface area contributed by atoms with Gasteiger partial charge in [-0.2, -0.15) is 0 Å². The van der Waals surface area contributed by atoms with E-state index in [4.69, 9.17) is 0 Å². The Bertz CT molecular complexity index is 598. The molecule has 0 radical (unpaired) electrons. The maximum Gasteiger partial charge on any atom is 0.328 e. The molecule has 0 aliphatic carbocycles. The molecule has 0 unspecified atom stereocenters. The van der Waals surface area contributed by atoms with Crippen molar-refractivity contribution in [3.05, 3.63) is 32.6 Å². The van der Waals surface area contributed by atoms with Crippen molar-refractivity contribution in [2.45, 2.75) is 39.8 Å². The number of aromatic nitrogens is 2. The van der Waals surface area contributed by atoms with E-state index in [-0.39, 0.29) is 30.5 Å². The highest BCUT2D eigenvalue weighted by Crippen LogP contribution is 1.90. The summed E-state index contributed by atoms with van der Waals surface area (Å²) in [7, 11) is 0. The molecule has 0 aromatic carbocycles. The molecular weight excluding hydrogens is 250 g/mol. The van der Waals surface area contributed by atoms with Crippen molar-refractivity contribution in [3.63, 3.8) is 0 Å². The maximum absolute atomic E-state index is 11.9. The van der Waals surface area contributed by atoms with Gasteiger partial charge in [-0.3, -0.25) is 19.0 Å². The summed E-state index contributed by atoms with van der Waals surface area (Å²) in [5.74, 6) is -0.684. The van der Waals surface area contributed by atoms with Crippen LogP contribution >= 0.6 is 0 Å². The number of nitrogens with zero attached hydrogens (tertiary/aromatic N) is 1. The van der Waals surface area contributed by atoms with Crippen LogP contribution in [0.15, 0.2) is 15.8 Å². The second kappa shape index (κ2) is 6.12. The van der Waals surface area contributed by atoms with E-state index in [1.807, 2.05) is 13.8 Å². The Labute approximate surface area is 109 Å². The highest BCUT2D eigenvalue weighted by Gasteiger charge is 2.12. The zero-order chi connectivity index (χ0) is 14.6. The predicted molar refractivity (Wildman–Crippen MR) is 69.2 cm³/mol. The van der Waals surface area contributed by atoms with Crippen molar-refractivity contribution >= 4 is 11.7 Å². The van der Waals surface area contributed by atoms with Gasteiger partial charge < -0.3 is 10.3 Å². The molecule has 7 heteroatoms. The molecule has 1 rings (SSSR count). The SMILES string of the molecule is CC(=O)c1c[nH]c(=O)n(CCC(=O)NC(C)C)c1=O. The fourth-order valence-electron chi connectivity index (χ4n) is 1.57. The van der Waals surface area contributed by atoms with Crippen molar-refractivity contribution < 1.29 is 9.59 Å². The average Bonchev–Trinajstić information content (AvgIpc) is 2.27. The van der Waals surface area contributed by atoms with Crippen molar-refractivity contribution in [3.8, 4) is 0 Å². The topological polar surface area (TPSA) is 101 Å². The minimum absolute atomic E-state index is 0.00250. The van der Waals surface area contributed by atoms with Crippen LogP contribution in [-0.4, -0.2) is 27.3 Å². The Kier molecular flexibility index (Phi) is 4.80. The van der Waals surface area contributed by atoms with Crippen molar-refractivity contribution in [2.75, 3.05) is 0 Å². The molecule has 0 bridgehead atoms. The van der Waals surface area contributed by atoms with Crippen LogP contribution in [0.1, 0.15) is 37.6 Å². The number of rotatable bonds is 5. The Morgan fingerprint density at radius 2 is 2.00 bits per heavy atom. The molecule has 1 heterocycles. The number of amides is 1. The lowest BCUT2D eigenvalue weighted by Crippen LogP contribution is -2.39. The lowest BCUT2D eigenvalue weighted by molar-refractivity contribution is -0.121. The van der Waals surface area contributed by atoms with E-state index in [0.29, 0.717) is 0 Å². The first-order valence-electron chi connectivity index (χ1n) is 5.95.